The van der Waals surface area contributed by atoms with Crippen LogP contribution in [0.4, 0.5) is 0 Å². The number of ether oxygens (including phenoxy) is 3. The van der Waals surface area contributed by atoms with Crippen LogP contribution >= 0.6 is 0 Å². The first-order chi connectivity index (χ1) is 13.4. The van der Waals surface area contributed by atoms with Crippen LogP contribution in [-0.4, -0.2) is 48.6 Å². The Bertz CT molecular complexity index is 899. The van der Waals surface area contributed by atoms with E-state index in [0.717, 1.165) is 12.3 Å². The number of rotatable bonds is 8. The van der Waals surface area contributed by atoms with E-state index in [2.05, 4.69) is 4.98 Å². The maximum atomic E-state index is 12.2. The molecular formula is C18H19N3O7. The number of hydrogen-bond acceptors (Lipinski definition) is 8. The number of amides is 2. The molecule has 0 radical (unpaired) electrons. The van der Waals surface area contributed by atoms with Crippen molar-refractivity contribution in [3.8, 4) is 17.2 Å². The Morgan fingerprint density at radius 1 is 1.11 bits per heavy atom. The molecule has 0 bridgehead atoms. The van der Waals surface area contributed by atoms with Crippen LogP contribution in [-0.2, 0) is 11.4 Å². The minimum absolute atomic E-state index is 0.0176. The molecule has 2 aromatic rings. The molecule has 10 heteroatoms. The van der Waals surface area contributed by atoms with Gasteiger partial charge in [-0.15, -0.1) is 0 Å². The van der Waals surface area contributed by atoms with E-state index >= 15 is 0 Å². The molecule has 0 aliphatic carbocycles. The van der Waals surface area contributed by atoms with Crippen LogP contribution in [0.3, 0.4) is 0 Å². The van der Waals surface area contributed by atoms with Crippen molar-refractivity contribution >= 4 is 17.8 Å². The number of nitrogens with one attached hydrogen (secondary N) is 1. The van der Waals surface area contributed by atoms with Crippen LogP contribution in [0.2, 0.25) is 0 Å². The van der Waals surface area contributed by atoms with Gasteiger partial charge in [-0.25, -0.2) is 9.78 Å². The van der Waals surface area contributed by atoms with Crippen molar-refractivity contribution in [1.29, 1.82) is 0 Å². The zero-order valence-electron chi connectivity index (χ0n) is 15.2. The Labute approximate surface area is 160 Å². The number of carbonyl (C=O) groups excluding carboxylic acids is 2. The van der Waals surface area contributed by atoms with Gasteiger partial charge in [-0.3, -0.25) is 14.9 Å². The summed E-state index contributed by atoms with van der Waals surface area (Å²) in [5.74, 6) is -1.89. The highest BCUT2D eigenvalue weighted by molar-refractivity contribution is 6.05. The number of carboxylic acid groups (broad SMARTS) is 1. The number of carbonyl (C=O) groups is 3. The molecule has 0 aliphatic heterocycles. The molecule has 4 N–H and O–H groups in total. The number of imide groups is 1. The first-order valence-electron chi connectivity index (χ1n) is 8.00. The van der Waals surface area contributed by atoms with Crippen LogP contribution in [0.5, 0.6) is 17.2 Å². The average molecular weight is 389 g/mol. The third-order valence-electron chi connectivity index (χ3n) is 3.60. The second-order valence-corrected chi connectivity index (χ2v) is 5.44. The van der Waals surface area contributed by atoms with Gasteiger partial charge in [0, 0.05) is 6.20 Å². The summed E-state index contributed by atoms with van der Waals surface area (Å²) in [5, 5.41) is 11.2. The number of carboxylic acids is 1. The predicted molar refractivity (Wildman–Crippen MR) is 96.6 cm³/mol. The average Bonchev–Trinajstić information content (AvgIpc) is 2.71. The van der Waals surface area contributed by atoms with Crippen molar-refractivity contribution < 1.29 is 33.7 Å². The van der Waals surface area contributed by atoms with Crippen molar-refractivity contribution in [2.75, 3.05) is 20.8 Å². The molecule has 10 nitrogen and oxygen atoms in total. The lowest BCUT2D eigenvalue weighted by Crippen LogP contribution is -2.36. The smallest absolute Gasteiger partial charge is 0.337 e. The van der Waals surface area contributed by atoms with E-state index in [0.29, 0.717) is 17.1 Å². The molecule has 2 amide bonds. The first kappa shape index (κ1) is 20.6. The zero-order valence-corrected chi connectivity index (χ0v) is 15.2. The zero-order chi connectivity index (χ0) is 20.7. The Morgan fingerprint density at radius 2 is 1.82 bits per heavy atom. The molecule has 1 heterocycles. The Morgan fingerprint density at radius 3 is 2.43 bits per heavy atom. The summed E-state index contributed by atoms with van der Waals surface area (Å²) in [4.78, 5) is 38.5. The number of methoxy groups -OCH3 is 2. The minimum atomic E-state index is -1.24. The predicted octanol–water partition coefficient (Wildman–Crippen LogP) is 0.591. The van der Waals surface area contributed by atoms with Crippen LogP contribution in [0.25, 0.3) is 0 Å². The number of benzene rings is 1. The summed E-state index contributed by atoms with van der Waals surface area (Å²) in [6.07, 6.45) is 0.993. The third kappa shape index (κ3) is 4.95. The standard InChI is InChI=1S/C18H19N3O7/c1-26-12-4-3-10(5-13(12)27-2)9-28-14-6-11(18(24)25)8-20-16(14)17(23)21-15(22)7-19/h3-6,8H,7,9,19H2,1-2H3,(H,24,25)(H,21,22,23). The highest BCUT2D eigenvalue weighted by Crippen LogP contribution is 2.28. The summed E-state index contributed by atoms with van der Waals surface area (Å²) >= 11 is 0. The number of aromatic nitrogens is 1. The van der Waals surface area contributed by atoms with Crippen molar-refractivity contribution in [1.82, 2.24) is 10.3 Å². The van der Waals surface area contributed by atoms with Crippen molar-refractivity contribution in [2.24, 2.45) is 5.73 Å². The molecule has 0 aliphatic rings. The molecule has 148 valence electrons. The van der Waals surface area contributed by atoms with Gasteiger partial charge >= 0.3 is 5.97 Å². The summed E-state index contributed by atoms with van der Waals surface area (Å²) in [5.41, 5.74) is 5.42. The fourth-order valence-electron chi connectivity index (χ4n) is 2.21. The second-order valence-electron chi connectivity index (χ2n) is 5.44. The summed E-state index contributed by atoms with van der Waals surface area (Å²) in [6, 6.07) is 6.22. The van der Waals surface area contributed by atoms with Crippen LogP contribution < -0.4 is 25.3 Å². The molecule has 1 aromatic heterocycles. The number of aromatic carboxylic acids is 1. The molecule has 0 fully saturated rings. The summed E-state index contributed by atoms with van der Waals surface area (Å²) in [6.45, 7) is -0.406. The quantitative estimate of drug-likeness (QED) is 0.589. The monoisotopic (exact) mass is 389 g/mol. The van der Waals surface area contributed by atoms with E-state index in [1.165, 1.54) is 14.2 Å². The van der Waals surface area contributed by atoms with Gasteiger partial charge in [-0.05, 0) is 23.8 Å². The second kappa shape index (κ2) is 9.33. The van der Waals surface area contributed by atoms with Gasteiger partial charge in [-0.1, -0.05) is 6.07 Å². The van der Waals surface area contributed by atoms with E-state index in [1.807, 2.05) is 5.32 Å². The number of nitrogens with zero attached hydrogens (tertiary/aromatic N) is 1. The van der Waals surface area contributed by atoms with Gasteiger partial charge < -0.3 is 25.1 Å². The maximum absolute atomic E-state index is 12.2. The highest BCUT2D eigenvalue weighted by Gasteiger charge is 2.19. The maximum Gasteiger partial charge on any atom is 0.337 e. The summed E-state index contributed by atoms with van der Waals surface area (Å²) < 4.78 is 16.0. The lowest BCUT2D eigenvalue weighted by molar-refractivity contribution is -0.118. The van der Waals surface area contributed by atoms with Gasteiger partial charge in [0.25, 0.3) is 5.91 Å². The molecule has 0 saturated heterocycles. The van der Waals surface area contributed by atoms with E-state index in [-0.39, 0.29) is 30.2 Å². The fraction of sp³-hybridized carbons (Fsp3) is 0.222. The summed E-state index contributed by atoms with van der Waals surface area (Å²) in [7, 11) is 2.99. The Kier molecular flexibility index (Phi) is 6.88. The molecule has 28 heavy (non-hydrogen) atoms. The van der Waals surface area contributed by atoms with Gasteiger partial charge in [0.1, 0.15) is 6.61 Å². The molecule has 2 rings (SSSR count). The molecule has 0 atom stereocenters. The molecule has 0 saturated carbocycles. The van der Waals surface area contributed by atoms with E-state index in [9.17, 15) is 14.4 Å². The largest absolute Gasteiger partial charge is 0.493 e. The van der Waals surface area contributed by atoms with Crippen molar-refractivity contribution in [3.05, 3.63) is 47.3 Å². The SMILES string of the molecule is COc1ccc(COc2cc(C(=O)O)cnc2C(=O)NC(=O)CN)cc1OC. The van der Waals surface area contributed by atoms with Gasteiger partial charge in [0.05, 0.1) is 26.3 Å². The van der Waals surface area contributed by atoms with Crippen molar-refractivity contribution in [3.63, 3.8) is 0 Å². The molecule has 0 spiro atoms. The number of nitrogens with two attached hydrogens (primary N) is 1. The lowest BCUT2D eigenvalue weighted by Gasteiger charge is -2.13. The van der Waals surface area contributed by atoms with Gasteiger partial charge in [0.15, 0.2) is 22.9 Å². The molecular weight excluding hydrogens is 370 g/mol. The highest BCUT2D eigenvalue weighted by atomic mass is 16.5. The van der Waals surface area contributed by atoms with Gasteiger partial charge in [0.2, 0.25) is 5.91 Å². The van der Waals surface area contributed by atoms with Crippen molar-refractivity contribution in [2.45, 2.75) is 6.61 Å². The Balaban J connectivity index is 2.29. The van der Waals surface area contributed by atoms with Crippen LogP contribution in [0.1, 0.15) is 26.4 Å². The van der Waals surface area contributed by atoms with Crippen LogP contribution in [0.15, 0.2) is 30.5 Å². The first-order valence-corrected chi connectivity index (χ1v) is 8.00. The van der Waals surface area contributed by atoms with E-state index in [4.69, 9.17) is 25.1 Å². The number of pyridine rings is 1. The van der Waals surface area contributed by atoms with Gasteiger partial charge in [-0.2, -0.15) is 0 Å². The third-order valence-corrected chi connectivity index (χ3v) is 3.60. The normalized spacial score (nSPS) is 10.1. The van der Waals surface area contributed by atoms with E-state index in [1.54, 1.807) is 18.2 Å². The topological polar surface area (TPSA) is 150 Å². The molecule has 0 unspecified atom stereocenters. The molecule has 1 aromatic carbocycles. The number of hydrogen-bond donors (Lipinski definition) is 3. The lowest BCUT2D eigenvalue weighted by atomic mass is 10.2. The fourth-order valence-corrected chi connectivity index (χ4v) is 2.21. The van der Waals surface area contributed by atoms with E-state index < -0.39 is 17.8 Å². The van der Waals surface area contributed by atoms with Crippen LogP contribution in [0, 0.1) is 0 Å². The minimum Gasteiger partial charge on any atom is -0.493 e. The Hall–Kier alpha value is -3.66.